The summed E-state index contributed by atoms with van der Waals surface area (Å²) in [5.41, 5.74) is 4.91. The highest BCUT2D eigenvalue weighted by atomic mass is 16.5. The first kappa shape index (κ1) is 13.7. The molecule has 1 atom stereocenters. The van der Waals surface area contributed by atoms with Crippen LogP contribution in [0.15, 0.2) is 43.0 Å². The van der Waals surface area contributed by atoms with Crippen molar-refractivity contribution < 1.29 is 9.84 Å². The van der Waals surface area contributed by atoms with Crippen molar-refractivity contribution >= 4 is 0 Å². The number of ether oxygens (including phenoxy) is 1. The second-order valence-electron chi connectivity index (χ2n) is 3.00. The van der Waals surface area contributed by atoms with Gasteiger partial charge in [-0.3, -0.25) is 0 Å². The Bertz CT molecular complexity index is 247. The number of hydrogen-bond acceptors (Lipinski definition) is 3. The molecule has 0 aromatic heterocycles. The van der Waals surface area contributed by atoms with Gasteiger partial charge in [0, 0.05) is 6.54 Å². The monoisotopic (exact) mass is 209 g/mol. The lowest BCUT2D eigenvalue weighted by Crippen LogP contribution is -2.12. The van der Waals surface area contributed by atoms with Crippen LogP contribution in [-0.4, -0.2) is 24.4 Å². The summed E-state index contributed by atoms with van der Waals surface area (Å²) in [5, 5.41) is 8.89. The number of aliphatic hydroxyl groups excluding tert-OH is 1. The van der Waals surface area contributed by atoms with E-state index in [1.807, 2.05) is 30.3 Å². The van der Waals surface area contributed by atoms with E-state index in [0.29, 0.717) is 13.2 Å². The molecule has 0 spiro atoms. The quantitative estimate of drug-likeness (QED) is 0.740. The fourth-order valence-electron chi connectivity index (χ4n) is 0.734. The Hall–Kier alpha value is -1.32. The zero-order valence-electron chi connectivity index (χ0n) is 9.10. The molecule has 0 bridgehead atoms. The Morgan fingerprint density at radius 1 is 1.47 bits per heavy atom. The summed E-state index contributed by atoms with van der Waals surface area (Å²) in [6, 6.07) is 9.45. The van der Waals surface area contributed by atoms with Crippen LogP contribution in [0.5, 0.6) is 5.75 Å². The van der Waals surface area contributed by atoms with E-state index >= 15 is 0 Å². The standard InChI is InChI=1S/C9H12O2.C3H7N/c1-8(10)7-11-9-5-3-2-4-6-9;1-2-3-4/h2-6,8,10H,7H2,1H3;2H,1,3-4H2. The highest BCUT2D eigenvalue weighted by molar-refractivity contribution is 5.20. The summed E-state index contributed by atoms with van der Waals surface area (Å²) < 4.78 is 5.22. The largest absolute Gasteiger partial charge is 0.491 e. The van der Waals surface area contributed by atoms with Crippen molar-refractivity contribution in [1.29, 1.82) is 0 Å². The molecule has 1 aromatic carbocycles. The molecular weight excluding hydrogens is 190 g/mol. The Morgan fingerprint density at radius 2 is 2.00 bits per heavy atom. The predicted octanol–water partition coefficient (Wildman–Crippen LogP) is 1.58. The van der Waals surface area contributed by atoms with Crippen LogP contribution < -0.4 is 10.5 Å². The van der Waals surface area contributed by atoms with Crippen LogP contribution in [0.25, 0.3) is 0 Å². The van der Waals surface area contributed by atoms with Gasteiger partial charge in [-0.25, -0.2) is 0 Å². The molecule has 3 heteroatoms. The van der Waals surface area contributed by atoms with Gasteiger partial charge in [-0.2, -0.15) is 0 Å². The molecule has 0 aliphatic heterocycles. The number of aliphatic hydroxyl groups is 1. The van der Waals surface area contributed by atoms with Crippen LogP contribution in [0.3, 0.4) is 0 Å². The minimum Gasteiger partial charge on any atom is -0.491 e. The number of benzene rings is 1. The minimum atomic E-state index is -0.407. The highest BCUT2D eigenvalue weighted by Gasteiger charge is 1.95. The summed E-state index contributed by atoms with van der Waals surface area (Å²) in [7, 11) is 0. The van der Waals surface area contributed by atoms with E-state index in [2.05, 4.69) is 6.58 Å². The second kappa shape index (κ2) is 9.24. The Kier molecular flexibility index (Phi) is 8.43. The van der Waals surface area contributed by atoms with Gasteiger partial charge in [0.05, 0.1) is 6.10 Å². The van der Waals surface area contributed by atoms with E-state index in [4.69, 9.17) is 15.6 Å². The van der Waals surface area contributed by atoms with Gasteiger partial charge in [-0.05, 0) is 19.1 Å². The molecular formula is C12H19NO2. The molecule has 0 aliphatic carbocycles. The molecule has 84 valence electrons. The minimum absolute atomic E-state index is 0.351. The SMILES string of the molecule is C=CCN.CC(O)COc1ccccc1. The van der Waals surface area contributed by atoms with Crippen LogP contribution in [0.2, 0.25) is 0 Å². The zero-order valence-corrected chi connectivity index (χ0v) is 9.10. The molecule has 0 saturated heterocycles. The maximum absolute atomic E-state index is 8.89. The number of nitrogens with two attached hydrogens (primary N) is 1. The summed E-state index contributed by atoms with van der Waals surface area (Å²) >= 11 is 0. The van der Waals surface area contributed by atoms with Crippen LogP contribution in [0, 0.1) is 0 Å². The van der Waals surface area contributed by atoms with Gasteiger partial charge < -0.3 is 15.6 Å². The van der Waals surface area contributed by atoms with Crippen molar-refractivity contribution in [3.05, 3.63) is 43.0 Å². The second-order valence-corrected chi connectivity index (χ2v) is 3.00. The van der Waals surface area contributed by atoms with Crippen molar-refractivity contribution in [1.82, 2.24) is 0 Å². The van der Waals surface area contributed by atoms with Crippen LogP contribution in [-0.2, 0) is 0 Å². The fraction of sp³-hybridized carbons (Fsp3) is 0.333. The molecule has 15 heavy (non-hydrogen) atoms. The third kappa shape index (κ3) is 9.00. The molecule has 1 rings (SSSR count). The van der Waals surface area contributed by atoms with E-state index in [0.717, 1.165) is 5.75 Å². The molecule has 3 N–H and O–H groups in total. The van der Waals surface area contributed by atoms with Gasteiger partial charge in [0.2, 0.25) is 0 Å². The van der Waals surface area contributed by atoms with E-state index in [-0.39, 0.29) is 0 Å². The topological polar surface area (TPSA) is 55.5 Å². The maximum Gasteiger partial charge on any atom is 0.119 e. The lowest BCUT2D eigenvalue weighted by atomic mass is 10.3. The van der Waals surface area contributed by atoms with Gasteiger partial charge in [-0.15, -0.1) is 6.58 Å². The lowest BCUT2D eigenvalue weighted by molar-refractivity contribution is 0.123. The summed E-state index contributed by atoms with van der Waals surface area (Å²) in [5.74, 6) is 0.799. The van der Waals surface area contributed by atoms with Crippen molar-refractivity contribution in [3.8, 4) is 5.75 Å². The van der Waals surface area contributed by atoms with Gasteiger partial charge in [0.1, 0.15) is 12.4 Å². The molecule has 1 aromatic rings. The lowest BCUT2D eigenvalue weighted by Gasteiger charge is -2.06. The van der Waals surface area contributed by atoms with Gasteiger partial charge in [0.25, 0.3) is 0 Å². The first-order valence-corrected chi connectivity index (χ1v) is 4.87. The third-order valence-corrected chi connectivity index (χ3v) is 1.40. The Balaban J connectivity index is 0.000000423. The Morgan fingerprint density at radius 3 is 2.40 bits per heavy atom. The van der Waals surface area contributed by atoms with Gasteiger partial charge in [-0.1, -0.05) is 24.3 Å². The first-order chi connectivity index (χ1) is 7.20. The fourth-order valence-corrected chi connectivity index (χ4v) is 0.734. The van der Waals surface area contributed by atoms with Crippen LogP contribution in [0.1, 0.15) is 6.92 Å². The van der Waals surface area contributed by atoms with E-state index in [9.17, 15) is 0 Å². The van der Waals surface area contributed by atoms with E-state index in [1.165, 1.54) is 0 Å². The smallest absolute Gasteiger partial charge is 0.119 e. The normalized spacial score (nSPS) is 10.9. The summed E-state index contributed by atoms with van der Waals surface area (Å²) in [6.45, 7) is 5.99. The van der Waals surface area contributed by atoms with Crippen molar-refractivity contribution in [2.45, 2.75) is 13.0 Å². The maximum atomic E-state index is 8.89. The molecule has 3 nitrogen and oxygen atoms in total. The molecule has 1 unspecified atom stereocenters. The zero-order chi connectivity index (χ0) is 11.5. The van der Waals surface area contributed by atoms with E-state index in [1.54, 1.807) is 13.0 Å². The summed E-state index contributed by atoms with van der Waals surface area (Å²) in [6.07, 6.45) is 1.25. The average molecular weight is 209 g/mol. The van der Waals surface area contributed by atoms with Crippen molar-refractivity contribution in [2.24, 2.45) is 5.73 Å². The first-order valence-electron chi connectivity index (χ1n) is 4.87. The Labute approximate surface area is 91.2 Å². The van der Waals surface area contributed by atoms with Gasteiger partial charge in [0.15, 0.2) is 0 Å². The third-order valence-electron chi connectivity index (χ3n) is 1.40. The highest BCUT2D eigenvalue weighted by Crippen LogP contribution is 2.07. The van der Waals surface area contributed by atoms with Gasteiger partial charge >= 0.3 is 0 Å². The molecule has 0 aliphatic rings. The van der Waals surface area contributed by atoms with E-state index < -0.39 is 6.10 Å². The molecule has 0 radical (unpaired) electrons. The molecule has 0 fully saturated rings. The van der Waals surface area contributed by atoms with Crippen molar-refractivity contribution in [2.75, 3.05) is 13.2 Å². The molecule has 0 heterocycles. The number of hydrogen-bond donors (Lipinski definition) is 2. The predicted molar refractivity (Wildman–Crippen MR) is 62.9 cm³/mol. The average Bonchev–Trinajstić information content (AvgIpc) is 2.28. The molecule has 0 amide bonds. The number of rotatable bonds is 4. The van der Waals surface area contributed by atoms with Crippen LogP contribution in [0.4, 0.5) is 0 Å². The number of para-hydroxylation sites is 1. The van der Waals surface area contributed by atoms with Crippen LogP contribution >= 0.6 is 0 Å². The van der Waals surface area contributed by atoms with Crippen molar-refractivity contribution in [3.63, 3.8) is 0 Å². The molecule has 0 saturated carbocycles. The summed E-state index contributed by atoms with van der Waals surface area (Å²) in [4.78, 5) is 0.